The summed E-state index contributed by atoms with van der Waals surface area (Å²) < 4.78 is 11.1. The van der Waals surface area contributed by atoms with Gasteiger partial charge in [0.25, 0.3) is 17.1 Å². The molecule has 194 valence electrons. The zero-order chi connectivity index (χ0) is 26.5. The summed E-state index contributed by atoms with van der Waals surface area (Å²) in [6, 6.07) is 10.7. The Morgan fingerprint density at radius 2 is 1.78 bits per heavy atom. The number of ether oxygens (including phenoxy) is 2. The maximum atomic E-state index is 12.8. The van der Waals surface area contributed by atoms with Gasteiger partial charge in [0.05, 0.1) is 12.0 Å². The van der Waals surface area contributed by atoms with Gasteiger partial charge in [-0.05, 0) is 85.5 Å². The van der Waals surface area contributed by atoms with E-state index in [1.165, 1.54) is 7.11 Å². The molecule has 0 radical (unpaired) electrons. The van der Waals surface area contributed by atoms with E-state index in [0.717, 1.165) is 40.6 Å². The van der Waals surface area contributed by atoms with Gasteiger partial charge < -0.3 is 19.7 Å². The van der Waals surface area contributed by atoms with Crippen molar-refractivity contribution in [2.75, 3.05) is 38.7 Å². The number of nitrogens with zero attached hydrogens (tertiary/aromatic N) is 2. The molecule has 2 aliphatic heterocycles. The van der Waals surface area contributed by atoms with Crippen LogP contribution in [-0.2, 0) is 14.4 Å². The van der Waals surface area contributed by atoms with E-state index in [9.17, 15) is 19.2 Å². The van der Waals surface area contributed by atoms with Gasteiger partial charge in [0, 0.05) is 18.8 Å². The van der Waals surface area contributed by atoms with E-state index >= 15 is 0 Å². The minimum Gasteiger partial charge on any atom is -0.493 e. The number of benzene rings is 2. The first-order chi connectivity index (χ1) is 17.7. The molecule has 1 N–H and O–H groups in total. The minimum absolute atomic E-state index is 0.216. The smallest absolute Gasteiger partial charge is 0.294 e. The molecule has 2 aromatic carbocycles. The Kier molecular flexibility index (Phi) is 8.17. The van der Waals surface area contributed by atoms with Crippen LogP contribution in [0.15, 0.2) is 41.3 Å². The van der Waals surface area contributed by atoms with Gasteiger partial charge in [-0.2, -0.15) is 0 Å². The van der Waals surface area contributed by atoms with Crippen LogP contribution in [0.25, 0.3) is 6.08 Å². The van der Waals surface area contributed by atoms with Crippen molar-refractivity contribution in [1.82, 2.24) is 9.80 Å². The highest BCUT2D eigenvalue weighted by molar-refractivity contribution is 8.18. The normalized spacial score (nSPS) is 16.5. The van der Waals surface area contributed by atoms with Gasteiger partial charge in [0.2, 0.25) is 5.91 Å². The average Bonchev–Trinajstić information content (AvgIpc) is 3.50. The lowest BCUT2D eigenvalue weighted by atomic mass is 10.1. The molecule has 0 aliphatic carbocycles. The van der Waals surface area contributed by atoms with Crippen molar-refractivity contribution in [2.24, 2.45) is 0 Å². The Bertz CT molecular complexity index is 1270. The zero-order valence-corrected chi connectivity index (χ0v) is 21.9. The number of imide groups is 1. The maximum absolute atomic E-state index is 12.8. The first-order valence-electron chi connectivity index (χ1n) is 12.0. The zero-order valence-electron chi connectivity index (χ0n) is 21.0. The van der Waals surface area contributed by atoms with E-state index in [0.29, 0.717) is 35.8 Å². The second kappa shape index (κ2) is 11.5. The predicted octanol–water partition coefficient (Wildman–Crippen LogP) is 3.99. The van der Waals surface area contributed by atoms with E-state index < -0.39 is 11.1 Å². The van der Waals surface area contributed by atoms with Crippen molar-refractivity contribution in [3.05, 3.63) is 58.0 Å². The third-order valence-electron chi connectivity index (χ3n) is 6.26. The first kappa shape index (κ1) is 26.3. The summed E-state index contributed by atoms with van der Waals surface area (Å²) in [7, 11) is 1.47. The Labute approximate surface area is 219 Å². The summed E-state index contributed by atoms with van der Waals surface area (Å²) in [5.74, 6) is -0.294. The van der Waals surface area contributed by atoms with Crippen LogP contribution < -0.4 is 14.8 Å². The monoisotopic (exact) mass is 523 g/mol. The van der Waals surface area contributed by atoms with Crippen molar-refractivity contribution in [3.8, 4) is 11.5 Å². The fraction of sp³-hybridized carbons (Fsp3) is 0.333. The number of likely N-dealkylation sites (tertiary alicyclic amines) is 1. The summed E-state index contributed by atoms with van der Waals surface area (Å²) in [5.41, 5.74) is 3.52. The first-order valence-corrected chi connectivity index (χ1v) is 12.8. The van der Waals surface area contributed by atoms with Gasteiger partial charge in [-0.25, -0.2) is 0 Å². The van der Waals surface area contributed by atoms with Gasteiger partial charge in [-0.15, -0.1) is 0 Å². The molecular weight excluding hydrogens is 494 g/mol. The molecule has 0 spiro atoms. The molecule has 0 aromatic heterocycles. The molecule has 2 aromatic rings. The van der Waals surface area contributed by atoms with Crippen LogP contribution in [0.5, 0.6) is 11.5 Å². The number of carbonyl (C=O) groups is 4. The van der Waals surface area contributed by atoms with Crippen LogP contribution in [0.2, 0.25) is 0 Å². The van der Waals surface area contributed by atoms with Gasteiger partial charge in [0.1, 0.15) is 6.54 Å². The molecule has 0 saturated carbocycles. The Morgan fingerprint density at radius 3 is 2.49 bits per heavy atom. The van der Waals surface area contributed by atoms with E-state index in [1.807, 2.05) is 32.0 Å². The lowest BCUT2D eigenvalue weighted by Crippen LogP contribution is -2.40. The van der Waals surface area contributed by atoms with E-state index in [4.69, 9.17) is 9.47 Å². The molecule has 0 unspecified atom stereocenters. The second-order valence-electron chi connectivity index (χ2n) is 8.90. The topological polar surface area (TPSA) is 105 Å². The average molecular weight is 524 g/mol. The van der Waals surface area contributed by atoms with Crippen LogP contribution in [-0.4, -0.2) is 66.1 Å². The number of anilines is 1. The van der Waals surface area contributed by atoms with Crippen LogP contribution in [0.4, 0.5) is 10.5 Å². The highest BCUT2D eigenvalue weighted by Gasteiger charge is 2.37. The van der Waals surface area contributed by atoms with Gasteiger partial charge in [0.15, 0.2) is 18.1 Å². The Balaban J connectivity index is 1.38. The van der Waals surface area contributed by atoms with E-state index in [1.54, 1.807) is 29.2 Å². The molecule has 37 heavy (non-hydrogen) atoms. The number of hydrogen-bond acceptors (Lipinski definition) is 7. The van der Waals surface area contributed by atoms with Crippen molar-refractivity contribution < 1.29 is 28.7 Å². The quantitative estimate of drug-likeness (QED) is 0.522. The standard InChI is InChI=1S/C27H29N3O6S/c1-17-6-8-20(12-18(17)2)28-24(31)16-36-21-9-7-19(13-22(21)35-3)14-23-26(33)30(27(34)37-23)15-25(32)29-10-4-5-11-29/h6-9,12-14H,4-5,10-11,15-16H2,1-3H3,(H,28,31)/b23-14+. The third-order valence-corrected chi connectivity index (χ3v) is 7.17. The molecule has 4 amide bonds. The number of rotatable bonds is 8. The van der Waals surface area contributed by atoms with Crippen molar-refractivity contribution in [1.29, 1.82) is 0 Å². The lowest BCUT2D eigenvalue weighted by Gasteiger charge is -2.18. The number of amides is 4. The lowest BCUT2D eigenvalue weighted by molar-refractivity contribution is -0.135. The summed E-state index contributed by atoms with van der Waals surface area (Å²) >= 11 is 0.798. The van der Waals surface area contributed by atoms with Crippen molar-refractivity contribution in [3.63, 3.8) is 0 Å². The molecule has 2 saturated heterocycles. The second-order valence-corrected chi connectivity index (χ2v) is 9.90. The van der Waals surface area contributed by atoms with E-state index in [2.05, 4.69) is 5.32 Å². The molecule has 2 heterocycles. The van der Waals surface area contributed by atoms with Gasteiger partial charge >= 0.3 is 0 Å². The fourth-order valence-corrected chi connectivity index (χ4v) is 4.88. The van der Waals surface area contributed by atoms with Crippen molar-refractivity contribution >= 4 is 46.5 Å². The number of methoxy groups -OCH3 is 1. The predicted molar refractivity (Wildman–Crippen MR) is 142 cm³/mol. The summed E-state index contributed by atoms with van der Waals surface area (Å²) in [4.78, 5) is 52.9. The minimum atomic E-state index is -0.496. The Hall–Kier alpha value is -3.79. The van der Waals surface area contributed by atoms with Crippen LogP contribution >= 0.6 is 11.8 Å². The Morgan fingerprint density at radius 1 is 1.03 bits per heavy atom. The molecule has 2 fully saturated rings. The molecule has 0 atom stereocenters. The van der Waals surface area contributed by atoms with Crippen LogP contribution in [0, 0.1) is 13.8 Å². The number of carbonyl (C=O) groups excluding carboxylic acids is 4. The molecule has 2 aliphatic rings. The molecule has 0 bridgehead atoms. The number of thioether (sulfide) groups is 1. The summed E-state index contributed by atoms with van der Waals surface area (Å²) in [5, 5.41) is 2.34. The highest BCUT2D eigenvalue weighted by atomic mass is 32.2. The molecule has 4 rings (SSSR count). The van der Waals surface area contributed by atoms with Crippen LogP contribution in [0.1, 0.15) is 29.5 Å². The van der Waals surface area contributed by atoms with Crippen molar-refractivity contribution in [2.45, 2.75) is 26.7 Å². The summed E-state index contributed by atoms with van der Waals surface area (Å²) in [6.07, 6.45) is 3.45. The molecular formula is C27H29N3O6S. The number of hydrogen-bond donors (Lipinski definition) is 1. The van der Waals surface area contributed by atoms with Crippen LogP contribution in [0.3, 0.4) is 0 Å². The highest BCUT2D eigenvalue weighted by Crippen LogP contribution is 2.34. The fourth-order valence-electron chi connectivity index (χ4n) is 4.04. The number of nitrogens with one attached hydrogen (secondary N) is 1. The third kappa shape index (κ3) is 6.32. The number of aryl methyl sites for hydroxylation is 2. The molecule has 10 heteroatoms. The largest absolute Gasteiger partial charge is 0.493 e. The van der Waals surface area contributed by atoms with Gasteiger partial charge in [-0.1, -0.05) is 12.1 Å². The summed E-state index contributed by atoms with van der Waals surface area (Å²) in [6.45, 7) is 4.83. The van der Waals surface area contributed by atoms with E-state index in [-0.39, 0.29) is 29.9 Å². The maximum Gasteiger partial charge on any atom is 0.294 e. The molecule has 9 nitrogen and oxygen atoms in total. The van der Waals surface area contributed by atoms with Gasteiger partial charge in [-0.3, -0.25) is 24.1 Å². The SMILES string of the molecule is COc1cc(/C=C2/SC(=O)N(CC(=O)N3CCCC3)C2=O)ccc1OCC(=O)Nc1ccc(C)c(C)c1.